The van der Waals surface area contributed by atoms with Crippen LogP contribution in [0.25, 0.3) is 0 Å². The number of amides is 1. The van der Waals surface area contributed by atoms with E-state index in [1.165, 1.54) is 0 Å². The number of piperazine rings is 1. The predicted octanol–water partition coefficient (Wildman–Crippen LogP) is -0.841. The molecule has 0 radical (unpaired) electrons. The first-order chi connectivity index (χ1) is 7.27. The molecular formula is C10H20N2O3. The molecule has 0 aromatic heterocycles. The van der Waals surface area contributed by atoms with Gasteiger partial charge in [0.05, 0.1) is 13.2 Å². The average molecular weight is 216 g/mol. The lowest BCUT2D eigenvalue weighted by Gasteiger charge is -2.34. The first kappa shape index (κ1) is 12.4. The molecule has 1 fully saturated rings. The highest BCUT2D eigenvalue weighted by Crippen LogP contribution is 2.03. The number of rotatable bonds is 6. The first-order valence-electron chi connectivity index (χ1n) is 5.38. The van der Waals surface area contributed by atoms with Crippen molar-refractivity contribution in [1.29, 1.82) is 0 Å². The molecule has 1 saturated heterocycles. The van der Waals surface area contributed by atoms with Crippen LogP contribution in [0.4, 0.5) is 0 Å². The van der Waals surface area contributed by atoms with Crippen molar-refractivity contribution in [3.05, 3.63) is 0 Å². The van der Waals surface area contributed by atoms with Crippen LogP contribution in [-0.2, 0) is 9.53 Å². The van der Waals surface area contributed by atoms with Gasteiger partial charge in [0.2, 0.25) is 5.91 Å². The maximum absolute atomic E-state index is 11.6. The van der Waals surface area contributed by atoms with Crippen LogP contribution in [0.3, 0.4) is 0 Å². The number of aliphatic hydroxyl groups is 1. The molecule has 1 aliphatic rings. The van der Waals surface area contributed by atoms with Crippen LogP contribution < -0.4 is 0 Å². The molecule has 0 unspecified atom stereocenters. The van der Waals surface area contributed by atoms with Gasteiger partial charge in [0, 0.05) is 39.9 Å². The quantitative estimate of drug-likeness (QED) is 0.629. The summed E-state index contributed by atoms with van der Waals surface area (Å²) in [5.41, 5.74) is 0. The maximum atomic E-state index is 11.6. The molecule has 1 heterocycles. The number of nitrogens with zero attached hydrogens (tertiary/aromatic N) is 2. The maximum Gasteiger partial charge on any atom is 0.236 e. The average Bonchev–Trinajstić information content (AvgIpc) is 2.25. The Kier molecular flexibility index (Phi) is 5.60. The molecule has 1 N–H and O–H groups in total. The summed E-state index contributed by atoms with van der Waals surface area (Å²) in [4.78, 5) is 15.6. The van der Waals surface area contributed by atoms with Crippen LogP contribution in [0.2, 0.25) is 0 Å². The van der Waals surface area contributed by atoms with Crippen molar-refractivity contribution in [2.45, 2.75) is 6.42 Å². The van der Waals surface area contributed by atoms with Gasteiger partial charge in [-0.05, 0) is 6.42 Å². The zero-order valence-electron chi connectivity index (χ0n) is 9.31. The van der Waals surface area contributed by atoms with Gasteiger partial charge in [-0.25, -0.2) is 0 Å². The van der Waals surface area contributed by atoms with Crippen LogP contribution in [0.15, 0.2) is 0 Å². The van der Waals surface area contributed by atoms with E-state index in [1.807, 2.05) is 4.90 Å². The van der Waals surface area contributed by atoms with Crippen LogP contribution in [0.1, 0.15) is 6.42 Å². The van der Waals surface area contributed by atoms with Gasteiger partial charge < -0.3 is 14.7 Å². The Balaban J connectivity index is 2.24. The van der Waals surface area contributed by atoms with Gasteiger partial charge in [-0.3, -0.25) is 9.69 Å². The Labute approximate surface area is 90.6 Å². The lowest BCUT2D eigenvalue weighted by atomic mass is 10.3. The van der Waals surface area contributed by atoms with E-state index in [0.717, 1.165) is 26.1 Å². The summed E-state index contributed by atoms with van der Waals surface area (Å²) < 4.78 is 4.94. The van der Waals surface area contributed by atoms with Gasteiger partial charge >= 0.3 is 0 Å². The van der Waals surface area contributed by atoms with Gasteiger partial charge in [-0.15, -0.1) is 0 Å². The number of methoxy groups -OCH3 is 1. The molecule has 0 atom stereocenters. The summed E-state index contributed by atoms with van der Waals surface area (Å²) in [6.45, 7) is 4.43. The number of carbonyl (C=O) groups excluding carboxylic acids is 1. The summed E-state index contributed by atoms with van der Waals surface area (Å²) in [7, 11) is 1.64. The lowest BCUT2D eigenvalue weighted by Crippen LogP contribution is -2.51. The fraction of sp³-hybridized carbons (Fsp3) is 0.900. The molecule has 0 aliphatic carbocycles. The van der Waals surface area contributed by atoms with Crippen molar-refractivity contribution < 1.29 is 14.6 Å². The molecule has 0 spiro atoms. The van der Waals surface area contributed by atoms with Crippen LogP contribution in [0, 0.1) is 0 Å². The minimum atomic E-state index is 0.163. The number of carbonyl (C=O) groups is 1. The van der Waals surface area contributed by atoms with E-state index in [-0.39, 0.29) is 12.5 Å². The highest BCUT2D eigenvalue weighted by Gasteiger charge is 2.22. The van der Waals surface area contributed by atoms with Crippen molar-refractivity contribution in [2.24, 2.45) is 0 Å². The van der Waals surface area contributed by atoms with E-state index in [4.69, 9.17) is 9.84 Å². The normalized spacial score (nSPS) is 18.5. The number of hydrogen-bond acceptors (Lipinski definition) is 4. The third-order valence-electron chi connectivity index (χ3n) is 2.60. The smallest absolute Gasteiger partial charge is 0.236 e. The largest absolute Gasteiger partial charge is 0.396 e. The van der Waals surface area contributed by atoms with Crippen molar-refractivity contribution in [3.8, 4) is 0 Å². The Bertz CT molecular complexity index is 199. The van der Waals surface area contributed by atoms with Crippen LogP contribution in [-0.4, -0.2) is 73.9 Å². The molecule has 0 bridgehead atoms. The molecule has 88 valence electrons. The topological polar surface area (TPSA) is 53.0 Å². The summed E-state index contributed by atoms with van der Waals surface area (Å²) in [5, 5.41) is 8.69. The van der Waals surface area contributed by atoms with Gasteiger partial charge in [-0.2, -0.15) is 0 Å². The minimum absolute atomic E-state index is 0.163. The molecular weight excluding hydrogens is 196 g/mol. The third kappa shape index (κ3) is 4.15. The molecule has 1 aliphatic heterocycles. The van der Waals surface area contributed by atoms with Gasteiger partial charge in [0.1, 0.15) is 0 Å². The van der Waals surface area contributed by atoms with Gasteiger partial charge in [0.15, 0.2) is 0 Å². The summed E-state index contributed by atoms with van der Waals surface area (Å²) in [5.74, 6) is 0.163. The molecule has 1 rings (SSSR count). The molecule has 5 heteroatoms. The van der Waals surface area contributed by atoms with Crippen molar-refractivity contribution in [3.63, 3.8) is 0 Å². The third-order valence-corrected chi connectivity index (χ3v) is 2.60. The Morgan fingerprint density at radius 1 is 1.40 bits per heavy atom. The monoisotopic (exact) mass is 216 g/mol. The lowest BCUT2D eigenvalue weighted by molar-refractivity contribution is -0.136. The van der Waals surface area contributed by atoms with Crippen molar-refractivity contribution in [1.82, 2.24) is 9.80 Å². The zero-order valence-corrected chi connectivity index (χ0v) is 9.31. The van der Waals surface area contributed by atoms with Crippen LogP contribution >= 0.6 is 0 Å². The number of ether oxygens (including phenoxy) is 1. The molecule has 0 saturated carbocycles. The summed E-state index contributed by atoms with van der Waals surface area (Å²) in [6.07, 6.45) is 0.741. The zero-order chi connectivity index (χ0) is 11.1. The second kappa shape index (κ2) is 6.76. The second-order valence-corrected chi connectivity index (χ2v) is 3.73. The van der Waals surface area contributed by atoms with E-state index >= 15 is 0 Å². The Morgan fingerprint density at radius 2 is 2.20 bits per heavy atom. The molecule has 1 amide bonds. The van der Waals surface area contributed by atoms with Crippen molar-refractivity contribution in [2.75, 3.05) is 53.0 Å². The minimum Gasteiger partial charge on any atom is -0.396 e. The molecule has 5 nitrogen and oxygen atoms in total. The van der Waals surface area contributed by atoms with Crippen LogP contribution in [0.5, 0.6) is 0 Å². The standard InChI is InChI=1S/C10H20N2O3/c1-15-8-6-12-5-4-11(3-2-7-13)9-10(12)14/h13H,2-9H2,1H3. The fourth-order valence-corrected chi connectivity index (χ4v) is 1.68. The molecule has 0 aromatic rings. The van der Waals surface area contributed by atoms with Gasteiger partial charge in [0.25, 0.3) is 0 Å². The SMILES string of the molecule is COCCN1CCN(CCCO)CC1=O. The highest BCUT2D eigenvalue weighted by molar-refractivity contribution is 5.79. The number of hydrogen-bond donors (Lipinski definition) is 1. The first-order valence-corrected chi connectivity index (χ1v) is 5.38. The van der Waals surface area contributed by atoms with E-state index in [1.54, 1.807) is 7.11 Å². The molecule has 0 aromatic carbocycles. The summed E-state index contributed by atoms with van der Waals surface area (Å²) >= 11 is 0. The Morgan fingerprint density at radius 3 is 2.80 bits per heavy atom. The van der Waals surface area contributed by atoms with E-state index in [2.05, 4.69) is 4.90 Å². The number of aliphatic hydroxyl groups excluding tert-OH is 1. The van der Waals surface area contributed by atoms with E-state index < -0.39 is 0 Å². The van der Waals surface area contributed by atoms with Gasteiger partial charge in [-0.1, -0.05) is 0 Å². The highest BCUT2D eigenvalue weighted by atomic mass is 16.5. The fourth-order valence-electron chi connectivity index (χ4n) is 1.68. The Hall–Kier alpha value is -0.650. The second-order valence-electron chi connectivity index (χ2n) is 3.73. The summed E-state index contributed by atoms with van der Waals surface area (Å²) in [6, 6.07) is 0. The molecule has 15 heavy (non-hydrogen) atoms. The van der Waals surface area contributed by atoms with E-state index in [9.17, 15) is 4.79 Å². The van der Waals surface area contributed by atoms with Crippen molar-refractivity contribution >= 4 is 5.91 Å². The van der Waals surface area contributed by atoms with E-state index in [0.29, 0.717) is 19.7 Å². The predicted molar refractivity (Wildman–Crippen MR) is 56.6 cm³/mol.